The summed E-state index contributed by atoms with van der Waals surface area (Å²) >= 11 is 0. The van der Waals surface area contributed by atoms with E-state index in [0.717, 1.165) is 37.4 Å². The van der Waals surface area contributed by atoms with Crippen LogP contribution in [0.3, 0.4) is 0 Å². The van der Waals surface area contributed by atoms with Crippen LogP contribution in [0.2, 0.25) is 0 Å². The third-order valence-electron chi connectivity index (χ3n) is 2.60. The Balaban J connectivity index is 2.41. The summed E-state index contributed by atoms with van der Waals surface area (Å²) in [5.41, 5.74) is 6.70. The van der Waals surface area contributed by atoms with Crippen molar-refractivity contribution in [3.05, 3.63) is 17.8 Å². The molecule has 1 aromatic heterocycles. The van der Waals surface area contributed by atoms with Gasteiger partial charge >= 0.3 is 0 Å². The van der Waals surface area contributed by atoms with Crippen LogP contribution in [0.25, 0.3) is 0 Å². The molecular weight excluding hydrogens is 200 g/mol. The lowest BCUT2D eigenvalue weighted by atomic mass is 9.88. The Morgan fingerprint density at radius 3 is 2.62 bits per heavy atom. The molecule has 0 saturated carbocycles. The van der Waals surface area contributed by atoms with E-state index in [-0.39, 0.29) is 5.41 Å². The first-order valence-electron chi connectivity index (χ1n) is 5.78. The molecule has 0 fully saturated rings. The number of aromatic nitrogens is 2. The lowest BCUT2D eigenvalue weighted by molar-refractivity contribution is 0.350. The SMILES string of the molecule is Cc1ccc(NCC(C)(C)CCCN)nn1. The molecule has 0 bridgehead atoms. The van der Waals surface area contributed by atoms with Crippen LogP contribution in [0.15, 0.2) is 12.1 Å². The Hall–Kier alpha value is -1.16. The van der Waals surface area contributed by atoms with Crippen LogP contribution in [0.5, 0.6) is 0 Å². The van der Waals surface area contributed by atoms with Gasteiger partial charge in [-0.05, 0) is 43.9 Å². The summed E-state index contributed by atoms with van der Waals surface area (Å²) in [6.07, 6.45) is 2.18. The molecule has 0 unspecified atom stereocenters. The second-order valence-corrected chi connectivity index (χ2v) is 4.97. The van der Waals surface area contributed by atoms with Crippen molar-refractivity contribution in [2.24, 2.45) is 11.1 Å². The molecule has 0 aromatic carbocycles. The first-order chi connectivity index (χ1) is 7.53. The Kier molecular flexibility index (Phi) is 4.68. The number of nitrogens with one attached hydrogen (secondary N) is 1. The predicted molar refractivity (Wildman–Crippen MR) is 67.3 cm³/mol. The zero-order chi connectivity index (χ0) is 12.0. The summed E-state index contributed by atoms with van der Waals surface area (Å²) in [7, 11) is 0. The first kappa shape index (κ1) is 12.9. The van der Waals surface area contributed by atoms with Crippen LogP contribution in [0, 0.1) is 12.3 Å². The van der Waals surface area contributed by atoms with Crippen molar-refractivity contribution in [1.29, 1.82) is 0 Å². The topological polar surface area (TPSA) is 63.8 Å². The highest BCUT2D eigenvalue weighted by Gasteiger charge is 2.16. The van der Waals surface area contributed by atoms with E-state index in [9.17, 15) is 0 Å². The maximum absolute atomic E-state index is 5.52. The minimum Gasteiger partial charge on any atom is -0.368 e. The predicted octanol–water partition coefficient (Wildman–Crippen LogP) is 1.96. The molecule has 4 heteroatoms. The minimum absolute atomic E-state index is 0.242. The standard InChI is InChI=1S/C12H22N4/c1-10-5-6-11(16-15-10)14-9-12(2,3)7-4-8-13/h5-6H,4,7-9,13H2,1-3H3,(H,14,16). The zero-order valence-corrected chi connectivity index (χ0v) is 10.5. The van der Waals surface area contributed by atoms with E-state index in [4.69, 9.17) is 5.73 Å². The van der Waals surface area contributed by atoms with Gasteiger partial charge in [0.2, 0.25) is 0 Å². The van der Waals surface area contributed by atoms with Crippen LogP contribution in [-0.4, -0.2) is 23.3 Å². The van der Waals surface area contributed by atoms with Crippen molar-refractivity contribution in [2.45, 2.75) is 33.6 Å². The smallest absolute Gasteiger partial charge is 0.148 e. The van der Waals surface area contributed by atoms with Crippen LogP contribution >= 0.6 is 0 Å². The van der Waals surface area contributed by atoms with E-state index in [0.29, 0.717) is 0 Å². The van der Waals surface area contributed by atoms with Gasteiger partial charge in [-0.3, -0.25) is 0 Å². The molecule has 0 aliphatic carbocycles. The lowest BCUT2D eigenvalue weighted by Crippen LogP contribution is -2.24. The highest BCUT2D eigenvalue weighted by atomic mass is 15.2. The molecule has 4 nitrogen and oxygen atoms in total. The van der Waals surface area contributed by atoms with Crippen molar-refractivity contribution in [1.82, 2.24) is 10.2 Å². The average Bonchev–Trinajstić information content (AvgIpc) is 2.26. The number of nitrogens with two attached hydrogens (primary N) is 1. The number of hydrogen-bond donors (Lipinski definition) is 2. The van der Waals surface area contributed by atoms with E-state index >= 15 is 0 Å². The minimum atomic E-state index is 0.242. The molecule has 0 spiro atoms. The quantitative estimate of drug-likeness (QED) is 0.772. The number of hydrogen-bond acceptors (Lipinski definition) is 4. The molecule has 16 heavy (non-hydrogen) atoms. The largest absolute Gasteiger partial charge is 0.368 e. The van der Waals surface area contributed by atoms with E-state index < -0.39 is 0 Å². The third kappa shape index (κ3) is 4.57. The maximum Gasteiger partial charge on any atom is 0.148 e. The van der Waals surface area contributed by atoms with E-state index in [1.54, 1.807) is 0 Å². The van der Waals surface area contributed by atoms with Gasteiger partial charge in [-0.2, -0.15) is 5.10 Å². The monoisotopic (exact) mass is 222 g/mol. The van der Waals surface area contributed by atoms with Crippen LogP contribution in [-0.2, 0) is 0 Å². The van der Waals surface area contributed by atoms with Gasteiger partial charge in [0.25, 0.3) is 0 Å². The molecule has 0 saturated heterocycles. The van der Waals surface area contributed by atoms with Gasteiger partial charge in [0.05, 0.1) is 5.69 Å². The summed E-state index contributed by atoms with van der Waals surface area (Å²) < 4.78 is 0. The molecule has 0 amide bonds. The molecule has 1 rings (SSSR count). The van der Waals surface area contributed by atoms with E-state index in [1.165, 1.54) is 0 Å². The van der Waals surface area contributed by atoms with Crippen molar-refractivity contribution in [3.63, 3.8) is 0 Å². The average molecular weight is 222 g/mol. The molecule has 1 heterocycles. The van der Waals surface area contributed by atoms with Crippen LogP contribution in [0.4, 0.5) is 5.82 Å². The molecule has 90 valence electrons. The second-order valence-electron chi connectivity index (χ2n) is 4.97. The summed E-state index contributed by atoms with van der Waals surface area (Å²) in [6, 6.07) is 3.92. The van der Waals surface area contributed by atoms with Gasteiger partial charge in [0.15, 0.2) is 0 Å². The summed E-state index contributed by atoms with van der Waals surface area (Å²) in [5.74, 6) is 0.839. The van der Waals surface area contributed by atoms with E-state index in [2.05, 4.69) is 29.4 Å². The molecular formula is C12H22N4. The fraction of sp³-hybridized carbons (Fsp3) is 0.667. The Bertz CT molecular complexity index is 305. The van der Waals surface area contributed by atoms with Gasteiger partial charge < -0.3 is 11.1 Å². The van der Waals surface area contributed by atoms with Gasteiger partial charge in [-0.15, -0.1) is 5.10 Å². The molecule has 0 atom stereocenters. The number of rotatable bonds is 6. The fourth-order valence-electron chi connectivity index (χ4n) is 1.49. The first-order valence-corrected chi connectivity index (χ1v) is 5.78. The van der Waals surface area contributed by atoms with Gasteiger partial charge in [0.1, 0.15) is 5.82 Å². The van der Waals surface area contributed by atoms with Crippen LogP contribution in [0.1, 0.15) is 32.4 Å². The maximum atomic E-state index is 5.52. The highest BCUT2D eigenvalue weighted by molar-refractivity contribution is 5.32. The summed E-state index contributed by atoms with van der Waals surface area (Å²) in [6.45, 7) is 8.05. The van der Waals surface area contributed by atoms with Gasteiger partial charge in [-0.1, -0.05) is 13.8 Å². The lowest BCUT2D eigenvalue weighted by Gasteiger charge is -2.24. The zero-order valence-electron chi connectivity index (χ0n) is 10.5. The number of anilines is 1. The van der Waals surface area contributed by atoms with Crippen molar-refractivity contribution >= 4 is 5.82 Å². The number of aryl methyl sites for hydroxylation is 1. The fourth-order valence-corrected chi connectivity index (χ4v) is 1.49. The highest BCUT2D eigenvalue weighted by Crippen LogP contribution is 2.22. The Morgan fingerprint density at radius 2 is 2.06 bits per heavy atom. The third-order valence-corrected chi connectivity index (χ3v) is 2.60. The van der Waals surface area contributed by atoms with Crippen molar-refractivity contribution < 1.29 is 0 Å². The number of nitrogens with zero attached hydrogens (tertiary/aromatic N) is 2. The molecule has 1 aromatic rings. The summed E-state index contributed by atoms with van der Waals surface area (Å²) in [5, 5.41) is 11.4. The van der Waals surface area contributed by atoms with Gasteiger partial charge in [0, 0.05) is 6.54 Å². The normalized spacial score (nSPS) is 11.5. The summed E-state index contributed by atoms with van der Waals surface area (Å²) in [4.78, 5) is 0. The second kappa shape index (κ2) is 5.80. The van der Waals surface area contributed by atoms with E-state index in [1.807, 2.05) is 19.1 Å². The molecule has 0 aliphatic heterocycles. The molecule has 0 radical (unpaired) electrons. The van der Waals surface area contributed by atoms with Crippen LogP contribution < -0.4 is 11.1 Å². The molecule has 0 aliphatic rings. The Labute approximate surface area is 97.6 Å². The van der Waals surface area contributed by atoms with Crippen molar-refractivity contribution in [3.8, 4) is 0 Å². The Morgan fingerprint density at radius 1 is 1.31 bits per heavy atom. The van der Waals surface area contributed by atoms with Gasteiger partial charge in [-0.25, -0.2) is 0 Å². The van der Waals surface area contributed by atoms with Crippen molar-refractivity contribution in [2.75, 3.05) is 18.4 Å². The molecule has 3 N–H and O–H groups in total.